The second-order valence-electron chi connectivity index (χ2n) is 7.90. The van der Waals surface area contributed by atoms with Crippen LogP contribution in [-0.4, -0.2) is 54.3 Å². The maximum atomic E-state index is 13.2. The average Bonchev–Trinajstić information content (AvgIpc) is 3.09. The lowest BCUT2D eigenvalue weighted by atomic mass is 10.2. The number of thiocarbonyl (C=S) groups is 1. The Labute approximate surface area is 195 Å². The summed E-state index contributed by atoms with van der Waals surface area (Å²) in [6.07, 6.45) is 1.61. The number of hydrogen-bond donors (Lipinski definition) is 1. The molecule has 0 spiro atoms. The van der Waals surface area contributed by atoms with E-state index in [1.54, 1.807) is 42.1 Å². The molecular formula is C21H31ClN4O3S2. The molecule has 0 unspecified atom stereocenters. The van der Waals surface area contributed by atoms with Crippen molar-refractivity contribution in [3.05, 3.63) is 46.7 Å². The number of aromatic nitrogens is 2. The number of methoxy groups -OCH3 is 1. The minimum atomic E-state index is -3.68. The zero-order valence-corrected chi connectivity index (χ0v) is 21.0. The maximum Gasteiger partial charge on any atom is 0.228 e. The van der Waals surface area contributed by atoms with E-state index in [-0.39, 0.29) is 23.0 Å². The SMILES string of the molecule is COCCN(Cc1cnc(S(=O)(=O)Cc2cccc(Cl)c2)n1C(C)C)C(=S)NC(C)C. The molecule has 0 fully saturated rings. The molecule has 172 valence electrons. The van der Waals surface area contributed by atoms with Gasteiger partial charge in [0.05, 0.1) is 30.8 Å². The van der Waals surface area contributed by atoms with Crippen LogP contribution in [0.25, 0.3) is 0 Å². The van der Waals surface area contributed by atoms with Gasteiger partial charge in [0.25, 0.3) is 0 Å². The zero-order valence-electron chi connectivity index (χ0n) is 18.6. The van der Waals surface area contributed by atoms with Gasteiger partial charge < -0.3 is 19.5 Å². The van der Waals surface area contributed by atoms with Crippen LogP contribution in [0.15, 0.2) is 35.6 Å². The van der Waals surface area contributed by atoms with Gasteiger partial charge in [0.15, 0.2) is 5.11 Å². The van der Waals surface area contributed by atoms with Crippen LogP contribution in [0.1, 0.15) is 45.0 Å². The van der Waals surface area contributed by atoms with Crippen molar-refractivity contribution in [2.24, 2.45) is 0 Å². The van der Waals surface area contributed by atoms with Crippen molar-refractivity contribution in [3.8, 4) is 0 Å². The largest absolute Gasteiger partial charge is 0.383 e. The van der Waals surface area contributed by atoms with Gasteiger partial charge in [-0.15, -0.1) is 0 Å². The van der Waals surface area contributed by atoms with E-state index < -0.39 is 9.84 Å². The van der Waals surface area contributed by atoms with E-state index in [0.29, 0.717) is 35.4 Å². The van der Waals surface area contributed by atoms with Crippen molar-refractivity contribution < 1.29 is 13.2 Å². The molecule has 0 amide bonds. The number of hydrogen-bond acceptors (Lipinski definition) is 5. The molecule has 0 saturated heterocycles. The van der Waals surface area contributed by atoms with E-state index in [1.807, 2.05) is 32.6 Å². The summed E-state index contributed by atoms with van der Waals surface area (Å²) in [6.45, 7) is 9.39. The summed E-state index contributed by atoms with van der Waals surface area (Å²) in [7, 11) is -2.04. The van der Waals surface area contributed by atoms with Crippen molar-refractivity contribution in [1.82, 2.24) is 19.8 Å². The lowest BCUT2D eigenvalue weighted by molar-refractivity contribution is 0.172. The summed E-state index contributed by atoms with van der Waals surface area (Å²) in [5, 5.41) is 4.38. The van der Waals surface area contributed by atoms with Gasteiger partial charge in [-0.2, -0.15) is 0 Å². The Hall–Kier alpha value is -1.68. The molecule has 0 aliphatic carbocycles. The van der Waals surface area contributed by atoms with Crippen LogP contribution in [0.2, 0.25) is 5.02 Å². The fourth-order valence-electron chi connectivity index (χ4n) is 3.18. The van der Waals surface area contributed by atoms with E-state index in [1.165, 1.54) is 0 Å². The molecular weight excluding hydrogens is 456 g/mol. The van der Waals surface area contributed by atoms with Gasteiger partial charge in [-0.1, -0.05) is 23.7 Å². The molecule has 0 atom stereocenters. The van der Waals surface area contributed by atoms with Crippen LogP contribution < -0.4 is 5.32 Å². The fraction of sp³-hybridized carbons (Fsp3) is 0.524. The van der Waals surface area contributed by atoms with Gasteiger partial charge in [0.1, 0.15) is 0 Å². The summed E-state index contributed by atoms with van der Waals surface area (Å²) in [5.41, 5.74) is 1.39. The normalized spacial score (nSPS) is 11.9. The summed E-state index contributed by atoms with van der Waals surface area (Å²) >= 11 is 11.6. The number of benzene rings is 1. The molecule has 10 heteroatoms. The minimum Gasteiger partial charge on any atom is -0.383 e. The number of ether oxygens (including phenoxy) is 1. The Balaban J connectivity index is 2.36. The van der Waals surface area contributed by atoms with E-state index in [2.05, 4.69) is 10.3 Å². The number of nitrogens with zero attached hydrogens (tertiary/aromatic N) is 3. The lowest BCUT2D eigenvalue weighted by Crippen LogP contribution is -2.44. The van der Waals surface area contributed by atoms with Crippen LogP contribution in [0, 0.1) is 0 Å². The third kappa shape index (κ3) is 7.17. The Morgan fingerprint density at radius 2 is 2.03 bits per heavy atom. The molecule has 0 aliphatic heterocycles. The highest BCUT2D eigenvalue weighted by Gasteiger charge is 2.26. The second-order valence-corrected chi connectivity index (χ2v) is 10.6. The Morgan fingerprint density at radius 1 is 1.32 bits per heavy atom. The first kappa shape index (κ1) is 25.6. The third-order valence-corrected chi connectivity index (χ3v) is 6.68. The highest BCUT2D eigenvalue weighted by molar-refractivity contribution is 7.90. The van der Waals surface area contributed by atoms with Crippen molar-refractivity contribution >= 4 is 38.8 Å². The molecule has 1 N–H and O–H groups in total. The summed E-state index contributed by atoms with van der Waals surface area (Å²) < 4.78 is 33.4. The molecule has 31 heavy (non-hydrogen) atoms. The molecule has 1 aromatic heterocycles. The number of rotatable bonds is 10. The monoisotopic (exact) mass is 486 g/mol. The van der Waals surface area contributed by atoms with Crippen LogP contribution in [0.5, 0.6) is 0 Å². The first-order valence-corrected chi connectivity index (χ1v) is 12.6. The standard InChI is InChI=1S/C21H31ClN4O3S2/c1-15(2)24-20(30)25(9-10-29-5)13-19-12-23-21(26(19)16(3)4)31(27,28)14-17-7-6-8-18(22)11-17/h6-8,11-12,15-16H,9-10,13-14H2,1-5H3,(H,24,30). The molecule has 0 radical (unpaired) electrons. The predicted octanol–water partition coefficient (Wildman–Crippen LogP) is 3.82. The summed E-state index contributed by atoms with van der Waals surface area (Å²) in [5.74, 6) is -0.169. The summed E-state index contributed by atoms with van der Waals surface area (Å²) in [6, 6.07) is 6.94. The first-order chi connectivity index (χ1) is 14.5. The molecule has 0 saturated carbocycles. The molecule has 7 nitrogen and oxygen atoms in total. The van der Waals surface area contributed by atoms with E-state index in [0.717, 1.165) is 5.69 Å². The number of nitrogens with one attached hydrogen (secondary N) is 1. The number of sulfone groups is 1. The smallest absolute Gasteiger partial charge is 0.228 e. The third-order valence-electron chi connectivity index (χ3n) is 4.50. The van der Waals surface area contributed by atoms with Crippen molar-refractivity contribution in [1.29, 1.82) is 0 Å². The minimum absolute atomic E-state index is 0.0481. The molecule has 1 heterocycles. The topological polar surface area (TPSA) is 76.5 Å². The van der Waals surface area contributed by atoms with E-state index in [9.17, 15) is 8.42 Å². The highest BCUT2D eigenvalue weighted by atomic mass is 35.5. The lowest BCUT2D eigenvalue weighted by Gasteiger charge is -2.28. The highest BCUT2D eigenvalue weighted by Crippen LogP contribution is 2.23. The van der Waals surface area contributed by atoms with Gasteiger partial charge in [0, 0.05) is 30.8 Å². The van der Waals surface area contributed by atoms with E-state index in [4.69, 9.17) is 28.6 Å². The van der Waals surface area contributed by atoms with Gasteiger partial charge in [-0.3, -0.25) is 0 Å². The average molecular weight is 487 g/mol. The van der Waals surface area contributed by atoms with Gasteiger partial charge in [-0.05, 0) is 57.6 Å². The molecule has 2 aromatic rings. The molecule has 2 rings (SSSR count). The van der Waals surface area contributed by atoms with Crippen molar-refractivity contribution in [2.75, 3.05) is 20.3 Å². The zero-order chi connectivity index (χ0) is 23.2. The van der Waals surface area contributed by atoms with E-state index >= 15 is 0 Å². The van der Waals surface area contributed by atoms with Gasteiger partial charge in [-0.25, -0.2) is 13.4 Å². The quantitative estimate of drug-likeness (QED) is 0.511. The number of halogens is 1. The maximum absolute atomic E-state index is 13.2. The molecule has 0 aliphatic rings. The first-order valence-electron chi connectivity index (χ1n) is 10.1. The van der Waals surface area contributed by atoms with Crippen LogP contribution in [0.3, 0.4) is 0 Å². The Kier molecular flexibility index (Phi) is 9.29. The Morgan fingerprint density at radius 3 is 2.61 bits per heavy atom. The van der Waals surface area contributed by atoms with Crippen molar-refractivity contribution in [2.45, 2.75) is 57.2 Å². The van der Waals surface area contributed by atoms with Crippen LogP contribution in [0.4, 0.5) is 0 Å². The summed E-state index contributed by atoms with van der Waals surface area (Å²) in [4.78, 5) is 6.26. The number of imidazole rings is 1. The molecule has 0 bridgehead atoms. The molecule has 1 aromatic carbocycles. The van der Waals surface area contributed by atoms with Crippen molar-refractivity contribution in [3.63, 3.8) is 0 Å². The fourth-order valence-corrected chi connectivity index (χ4v) is 5.37. The van der Waals surface area contributed by atoms with Crippen LogP contribution >= 0.6 is 23.8 Å². The van der Waals surface area contributed by atoms with Crippen LogP contribution in [-0.2, 0) is 26.9 Å². The van der Waals surface area contributed by atoms with Gasteiger partial charge in [0.2, 0.25) is 15.0 Å². The predicted molar refractivity (Wildman–Crippen MR) is 128 cm³/mol. The second kappa shape index (κ2) is 11.3. The van der Waals surface area contributed by atoms with Gasteiger partial charge >= 0.3 is 0 Å². The Bertz CT molecular complexity index is 990.